The molecule has 1 aromatic rings. The van der Waals surface area contributed by atoms with Crippen LogP contribution in [0.5, 0.6) is 0 Å². The molecule has 0 saturated heterocycles. The van der Waals surface area contributed by atoms with Crippen LogP contribution in [-0.2, 0) is 23.8 Å². The molecule has 3 amide bonds. The van der Waals surface area contributed by atoms with Crippen molar-refractivity contribution in [2.45, 2.75) is 0 Å². The van der Waals surface area contributed by atoms with E-state index < -0.39 is 11.8 Å². The number of ether oxygens (including phenoxy) is 3. The number of hydrogen-bond acceptors (Lipinski definition) is 9. The highest BCUT2D eigenvalue weighted by atomic mass is 16.7. The minimum Gasteiger partial charge on any atom is -0.382 e. The molecule has 11 nitrogen and oxygen atoms in total. The first kappa shape index (κ1) is 22.7. The van der Waals surface area contributed by atoms with Crippen molar-refractivity contribution in [2.75, 3.05) is 64.8 Å². The van der Waals surface area contributed by atoms with Crippen LogP contribution in [0.15, 0.2) is 18.2 Å². The van der Waals surface area contributed by atoms with E-state index in [2.05, 4.69) is 10.6 Å². The Morgan fingerprint density at radius 1 is 0.966 bits per heavy atom. The van der Waals surface area contributed by atoms with Gasteiger partial charge in [0.05, 0.1) is 50.8 Å². The van der Waals surface area contributed by atoms with Gasteiger partial charge in [-0.1, -0.05) is 6.07 Å². The SMILES string of the molecule is NCCOCCOCCOCCNc1cccc2c1C(=O)N(OCNC=O)C2=O. The number of carbonyl (C=O) groups excluding carboxylic acids is 3. The lowest BCUT2D eigenvalue weighted by Gasteiger charge is -2.13. The summed E-state index contributed by atoms with van der Waals surface area (Å²) in [4.78, 5) is 40.1. The van der Waals surface area contributed by atoms with Crippen molar-refractivity contribution in [3.8, 4) is 0 Å². The van der Waals surface area contributed by atoms with E-state index in [9.17, 15) is 14.4 Å². The van der Waals surface area contributed by atoms with E-state index in [1.54, 1.807) is 18.2 Å². The summed E-state index contributed by atoms with van der Waals surface area (Å²) >= 11 is 0. The van der Waals surface area contributed by atoms with Crippen LogP contribution in [0.1, 0.15) is 20.7 Å². The number of imide groups is 1. The number of rotatable bonds is 16. The van der Waals surface area contributed by atoms with Crippen molar-refractivity contribution in [1.29, 1.82) is 0 Å². The third-order valence-electron chi connectivity index (χ3n) is 3.81. The molecule has 1 aromatic carbocycles. The summed E-state index contributed by atoms with van der Waals surface area (Å²) < 4.78 is 16.0. The highest BCUT2D eigenvalue weighted by Crippen LogP contribution is 2.29. The van der Waals surface area contributed by atoms with E-state index in [1.807, 2.05) is 0 Å². The molecule has 1 aliphatic heterocycles. The van der Waals surface area contributed by atoms with E-state index in [-0.39, 0.29) is 17.9 Å². The molecule has 0 fully saturated rings. The van der Waals surface area contributed by atoms with Gasteiger partial charge >= 0.3 is 0 Å². The third kappa shape index (κ3) is 6.76. The van der Waals surface area contributed by atoms with Gasteiger partial charge in [-0.3, -0.25) is 14.4 Å². The predicted octanol–water partition coefficient (Wildman–Crippen LogP) is -0.662. The summed E-state index contributed by atoms with van der Waals surface area (Å²) in [5, 5.41) is 5.95. The van der Waals surface area contributed by atoms with E-state index in [0.29, 0.717) is 69.9 Å². The zero-order chi connectivity index (χ0) is 20.9. The summed E-state index contributed by atoms with van der Waals surface area (Å²) in [5.41, 5.74) is 6.27. The number of nitrogens with two attached hydrogens (primary N) is 1. The fraction of sp³-hybridized carbons (Fsp3) is 0.500. The van der Waals surface area contributed by atoms with Gasteiger partial charge in [-0.05, 0) is 12.1 Å². The minimum atomic E-state index is -0.591. The second-order valence-electron chi connectivity index (χ2n) is 5.78. The molecule has 0 saturated carbocycles. The number of amides is 3. The molecular formula is C18H26N4O7. The van der Waals surface area contributed by atoms with Gasteiger partial charge in [0.15, 0.2) is 0 Å². The Bertz CT molecular complexity index is 686. The molecule has 0 aliphatic carbocycles. The van der Waals surface area contributed by atoms with Gasteiger partial charge in [0.1, 0.15) is 6.73 Å². The maximum absolute atomic E-state index is 12.5. The van der Waals surface area contributed by atoms with Crippen molar-refractivity contribution in [3.63, 3.8) is 0 Å². The van der Waals surface area contributed by atoms with Crippen molar-refractivity contribution in [2.24, 2.45) is 5.73 Å². The van der Waals surface area contributed by atoms with Crippen LogP contribution >= 0.6 is 0 Å². The van der Waals surface area contributed by atoms with Crippen molar-refractivity contribution >= 4 is 23.9 Å². The van der Waals surface area contributed by atoms with Gasteiger partial charge in [-0.25, -0.2) is 4.84 Å². The Labute approximate surface area is 168 Å². The number of carbonyl (C=O) groups is 3. The van der Waals surface area contributed by atoms with Crippen LogP contribution in [0.4, 0.5) is 5.69 Å². The Balaban J connectivity index is 1.71. The number of nitrogens with zero attached hydrogens (tertiary/aromatic N) is 1. The normalized spacial score (nSPS) is 12.9. The van der Waals surface area contributed by atoms with E-state index >= 15 is 0 Å². The van der Waals surface area contributed by atoms with Crippen LogP contribution in [0, 0.1) is 0 Å². The van der Waals surface area contributed by atoms with Crippen molar-refractivity contribution in [3.05, 3.63) is 29.3 Å². The molecule has 0 radical (unpaired) electrons. The maximum Gasteiger partial charge on any atom is 0.288 e. The number of fused-ring (bicyclic) bond motifs is 1. The molecule has 160 valence electrons. The quantitative estimate of drug-likeness (QED) is 0.140. The molecule has 0 atom stereocenters. The van der Waals surface area contributed by atoms with Crippen LogP contribution in [0.3, 0.4) is 0 Å². The zero-order valence-corrected chi connectivity index (χ0v) is 16.1. The zero-order valence-electron chi connectivity index (χ0n) is 16.1. The fourth-order valence-electron chi connectivity index (χ4n) is 2.55. The highest BCUT2D eigenvalue weighted by molar-refractivity contribution is 6.22. The monoisotopic (exact) mass is 410 g/mol. The second kappa shape index (κ2) is 12.8. The molecule has 29 heavy (non-hydrogen) atoms. The smallest absolute Gasteiger partial charge is 0.288 e. The van der Waals surface area contributed by atoms with Crippen molar-refractivity contribution in [1.82, 2.24) is 10.4 Å². The van der Waals surface area contributed by atoms with Crippen LogP contribution < -0.4 is 16.4 Å². The maximum atomic E-state index is 12.5. The standard InChI is InChI=1S/C18H26N4O7/c19-4-6-26-8-10-28-11-9-27-7-5-21-15-3-1-2-14-16(15)18(25)22(17(14)24)29-13-20-12-23/h1-3,12,21H,4-11,13,19H2,(H,20,23). The van der Waals surface area contributed by atoms with Gasteiger partial charge in [-0.15, -0.1) is 5.06 Å². The predicted molar refractivity (Wildman–Crippen MR) is 102 cm³/mol. The lowest BCUT2D eigenvalue weighted by molar-refractivity contribution is -0.120. The molecule has 1 aliphatic rings. The molecule has 1 heterocycles. The Kier molecular flexibility index (Phi) is 10.0. The topological polar surface area (TPSA) is 141 Å². The second-order valence-corrected chi connectivity index (χ2v) is 5.78. The lowest BCUT2D eigenvalue weighted by atomic mass is 10.1. The van der Waals surface area contributed by atoms with E-state index in [0.717, 1.165) is 0 Å². The molecule has 0 bridgehead atoms. The number of anilines is 1. The van der Waals surface area contributed by atoms with Gasteiger partial charge in [0, 0.05) is 18.8 Å². The van der Waals surface area contributed by atoms with Gasteiger partial charge in [-0.2, -0.15) is 0 Å². The summed E-state index contributed by atoms with van der Waals surface area (Å²) in [5.74, 6) is -1.17. The van der Waals surface area contributed by atoms with Crippen molar-refractivity contribution < 1.29 is 33.4 Å². The Morgan fingerprint density at radius 3 is 2.34 bits per heavy atom. The molecule has 0 aromatic heterocycles. The summed E-state index contributed by atoms with van der Waals surface area (Å²) in [7, 11) is 0. The summed E-state index contributed by atoms with van der Waals surface area (Å²) in [6.45, 7) is 3.39. The third-order valence-corrected chi connectivity index (χ3v) is 3.81. The van der Waals surface area contributed by atoms with E-state index in [4.69, 9.17) is 24.8 Å². The lowest BCUT2D eigenvalue weighted by Crippen LogP contribution is -2.33. The average Bonchev–Trinajstić information content (AvgIpc) is 2.97. The van der Waals surface area contributed by atoms with Gasteiger partial charge in [0.2, 0.25) is 6.41 Å². The highest BCUT2D eigenvalue weighted by Gasteiger charge is 2.38. The number of nitrogens with one attached hydrogen (secondary N) is 2. The van der Waals surface area contributed by atoms with E-state index in [1.165, 1.54) is 0 Å². The first-order valence-corrected chi connectivity index (χ1v) is 9.19. The number of hydroxylamine groups is 2. The number of hydrogen-bond donors (Lipinski definition) is 3. The summed E-state index contributed by atoms with van der Waals surface area (Å²) in [6, 6.07) is 4.91. The fourth-order valence-corrected chi connectivity index (χ4v) is 2.55. The summed E-state index contributed by atoms with van der Waals surface area (Å²) in [6.07, 6.45) is 0.409. The molecule has 0 spiro atoms. The Hall–Kier alpha value is -2.57. The molecule has 4 N–H and O–H groups in total. The molecule has 2 rings (SSSR count). The Morgan fingerprint density at radius 2 is 1.66 bits per heavy atom. The first-order chi connectivity index (χ1) is 14.2. The van der Waals surface area contributed by atoms with Crippen LogP contribution in [-0.4, -0.2) is 82.7 Å². The molecule has 0 unspecified atom stereocenters. The molecule has 11 heteroatoms. The van der Waals surface area contributed by atoms with Crippen LogP contribution in [0.25, 0.3) is 0 Å². The minimum absolute atomic E-state index is 0.226. The van der Waals surface area contributed by atoms with Gasteiger partial charge in [0.25, 0.3) is 11.8 Å². The average molecular weight is 410 g/mol. The van der Waals surface area contributed by atoms with Crippen LogP contribution in [0.2, 0.25) is 0 Å². The van der Waals surface area contributed by atoms with Gasteiger partial charge < -0.3 is 30.6 Å². The largest absolute Gasteiger partial charge is 0.382 e. The molecular weight excluding hydrogens is 384 g/mol. The number of benzene rings is 1. The first-order valence-electron chi connectivity index (χ1n) is 9.19.